The van der Waals surface area contributed by atoms with Gasteiger partial charge in [0.25, 0.3) is 0 Å². The summed E-state index contributed by atoms with van der Waals surface area (Å²) < 4.78 is 0. The van der Waals surface area contributed by atoms with Crippen molar-refractivity contribution in [1.82, 2.24) is 0 Å². The van der Waals surface area contributed by atoms with E-state index >= 15 is 0 Å². The smallest absolute Gasteiger partial charge is 0.316 e. The standard InChI is InChI=1S/Mg.40H2O.2H/h;40*1H2;;. The van der Waals surface area contributed by atoms with Crippen LogP contribution in [0, 0.1) is 0 Å². The molecule has 0 aromatic heterocycles. The van der Waals surface area contributed by atoms with Crippen LogP contribution in [-0.4, -0.2) is 242 Å². The van der Waals surface area contributed by atoms with Gasteiger partial charge in [-0.1, -0.05) is 0 Å². The molecular weight excluding hydrogens is 664 g/mol. The summed E-state index contributed by atoms with van der Waals surface area (Å²) in [5, 5.41) is 0. The van der Waals surface area contributed by atoms with E-state index in [1.165, 1.54) is 0 Å². The van der Waals surface area contributed by atoms with Gasteiger partial charge >= 0.3 is 23.1 Å². The van der Waals surface area contributed by atoms with Gasteiger partial charge in [-0.2, -0.15) is 0 Å². The van der Waals surface area contributed by atoms with Crippen LogP contribution in [0.3, 0.4) is 0 Å². The molecule has 0 aliphatic carbocycles. The van der Waals surface area contributed by atoms with E-state index in [0.717, 1.165) is 0 Å². The molecule has 0 unspecified atom stereocenters. The third-order valence-electron chi connectivity index (χ3n) is 0. The van der Waals surface area contributed by atoms with Crippen LogP contribution in [0.15, 0.2) is 0 Å². The van der Waals surface area contributed by atoms with Gasteiger partial charge in [-0.3, -0.25) is 0 Å². The molecular formula is H82MgO40. The maximum absolute atomic E-state index is 0. The fourth-order valence-corrected chi connectivity index (χ4v) is 0. The molecule has 0 spiro atoms. The molecule has 0 rings (SSSR count). The quantitative estimate of drug-likeness (QED) is 0.208. The van der Waals surface area contributed by atoms with Crippen molar-refractivity contribution in [1.29, 1.82) is 0 Å². The molecule has 0 heterocycles. The summed E-state index contributed by atoms with van der Waals surface area (Å²) in [4.78, 5) is 0. The van der Waals surface area contributed by atoms with Crippen molar-refractivity contribution in [2.24, 2.45) is 0 Å². The van der Waals surface area contributed by atoms with Gasteiger partial charge in [0.15, 0.2) is 0 Å². The first-order valence-electron chi connectivity index (χ1n) is 0. The molecule has 40 nitrogen and oxygen atoms in total. The van der Waals surface area contributed by atoms with Crippen LogP contribution >= 0.6 is 0 Å². The van der Waals surface area contributed by atoms with Crippen molar-refractivity contribution in [2.45, 2.75) is 0 Å². The zero-order valence-electron chi connectivity index (χ0n) is 20.0. The van der Waals surface area contributed by atoms with Gasteiger partial charge in [0, 0.05) is 0 Å². The van der Waals surface area contributed by atoms with E-state index in [4.69, 9.17) is 0 Å². The van der Waals surface area contributed by atoms with Crippen LogP contribution < -0.4 is 0 Å². The number of rotatable bonds is 0. The maximum atomic E-state index is 0. The van der Waals surface area contributed by atoms with E-state index in [0.29, 0.717) is 0 Å². The molecule has 0 bridgehead atoms. The third kappa shape index (κ3) is 77800. The molecule has 0 radical (unpaired) electrons. The van der Waals surface area contributed by atoms with Crippen molar-refractivity contribution >= 4 is 23.1 Å². The van der Waals surface area contributed by atoms with Crippen molar-refractivity contribution in [3.63, 3.8) is 0 Å². The third-order valence-corrected chi connectivity index (χ3v) is 0. The second kappa shape index (κ2) is 82100. The van der Waals surface area contributed by atoms with E-state index in [2.05, 4.69) is 0 Å². The summed E-state index contributed by atoms with van der Waals surface area (Å²) >= 11 is 0. The Balaban J connectivity index is 0. The predicted octanol–water partition coefficient (Wildman–Crippen LogP) is -33.9. The Bertz CT molecular complexity index is 6.78. The van der Waals surface area contributed by atoms with E-state index < -0.39 is 0 Å². The summed E-state index contributed by atoms with van der Waals surface area (Å²) in [5.74, 6) is 0. The average Bonchev–Trinajstić information content (AvgIpc) is 0. The van der Waals surface area contributed by atoms with Crippen molar-refractivity contribution < 1.29 is 219 Å². The second-order valence-corrected chi connectivity index (χ2v) is 0. The maximum Gasteiger partial charge on any atom is 0.316 e. The van der Waals surface area contributed by atoms with Crippen LogP contribution in [0.4, 0.5) is 0 Å². The summed E-state index contributed by atoms with van der Waals surface area (Å²) in [6, 6.07) is 0. The fraction of sp³-hybridized carbons (Fsp3) is 0. The van der Waals surface area contributed by atoms with Crippen LogP contribution in [0.25, 0.3) is 0 Å². The van der Waals surface area contributed by atoms with Gasteiger partial charge in [-0.05, 0) is 0 Å². The lowest BCUT2D eigenvalue weighted by Gasteiger charge is -0.413. The molecule has 0 saturated heterocycles. The van der Waals surface area contributed by atoms with Crippen molar-refractivity contribution in [3.8, 4) is 0 Å². The van der Waals surface area contributed by atoms with Crippen LogP contribution in [0.5, 0.6) is 0 Å². The van der Waals surface area contributed by atoms with Gasteiger partial charge in [0.2, 0.25) is 0 Å². The molecule has 0 aromatic carbocycles. The minimum atomic E-state index is 0. The van der Waals surface area contributed by atoms with Crippen LogP contribution in [-0.2, 0) is 0 Å². The van der Waals surface area contributed by atoms with E-state index in [1.807, 2.05) is 0 Å². The van der Waals surface area contributed by atoms with E-state index in [-0.39, 0.29) is 242 Å². The largest absolute Gasteiger partial charge is 0.412 e. The lowest BCUT2D eigenvalue weighted by Crippen LogP contribution is -0.381. The fourth-order valence-electron chi connectivity index (χ4n) is 0. The molecule has 0 aliphatic rings. The zero-order chi connectivity index (χ0) is 0. The second-order valence-electron chi connectivity index (χ2n) is 0. The van der Waals surface area contributed by atoms with Crippen molar-refractivity contribution in [2.75, 3.05) is 0 Å². The normalized spacial score (nSPS) is 0. The lowest BCUT2D eigenvalue weighted by molar-refractivity contribution is 0.823. The first kappa shape index (κ1) is 88600. The minimum absolute atomic E-state index is 0. The van der Waals surface area contributed by atoms with Gasteiger partial charge < -0.3 is 219 Å². The first-order chi connectivity index (χ1) is 0. The molecule has 0 atom stereocenters. The SMILES string of the molecule is O.O.O.O.O.O.O.O.O.O.O.O.O.O.O.O.O.O.O.O.O.O.O.O.O.O.O.O.O.O.O.O.O.O.O.O.O.O.O.O.[MgH2]. The Morgan fingerprint density at radius 3 is 0.0488 bits per heavy atom. The molecule has 0 aromatic rings. The molecule has 0 amide bonds. The predicted molar refractivity (Wildman–Crippen MR) is 153 cm³/mol. The summed E-state index contributed by atoms with van der Waals surface area (Å²) in [6.07, 6.45) is 0. The minimum Gasteiger partial charge on any atom is -0.412 e. The Kier molecular flexibility index (Phi) is 177000000. The van der Waals surface area contributed by atoms with Gasteiger partial charge in [0.1, 0.15) is 0 Å². The van der Waals surface area contributed by atoms with Gasteiger partial charge in [0.05, 0.1) is 0 Å². The van der Waals surface area contributed by atoms with E-state index in [9.17, 15) is 0 Å². The molecule has 0 fully saturated rings. The molecule has 80 N–H and O–H groups in total. The van der Waals surface area contributed by atoms with Crippen molar-refractivity contribution in [3.05, 3.63) is 0 Å². The molecule has 41 heavy (non-hydrogen) atoms. The summed E-state index contributed by atoms with van der Waals surface area (Å²) in [5.41, 5.74) is 0. The van der Waals surface area contributed by atoms with Gasteiger partial charge in [-0.15, -0.1) is 0 Å². The number of hydrogen-bond acceptors (Lipinski definition) is 0. The molecule has 0 saturated carbocycles. The Hall–Kier alpha value is -0.834. The highest BCUT2D eigenvalue weighted by atomic mass is 24.3. The highest BCUT2D eigenvalue weighted by Crippen LogP contribution is -0.250. The zero-order valence-corrected chi connectivity index (χ0v) is 20.0. The van der Waals surface area contributed by atoms with Crippen LogP contribution in [0.2, 0.25) is 0 Å². The highest BCUT2D eigenvalue weighted by molar-refractivity contribution is 5.75. The summed E-state index contributed by atoms with van der Waals surface area (Å²) in [7, 11) is 0. The first-order valence-corrected chi connectivity index (χ1v) is 0. The average molecular weight is 747 g/mol. The van der Waals surface area contributed by atoms with Gasteiger partial charge in [-0.25, -0.2) is 0 Å². The number of hydrogen-bond donors (Lipinski definition) is 0. The lowest BCUT2D eigenvalue weighted by atomic mass is 16.0. The van der Waals surface area contributed by atoms with Crippen LogP contribution in [0.1, 0.15) is 0 Å². The Morgan fingerprint density at radius 1 is 0.0488 bits per heavy atom. The Labute approximate surface area is 243 Å². The summed E-state index contributed by atoms with van der Waals surface area (Å²) in [6.45, 7) is 0. The molecule has 0 aliphatic heterocycles. The monoisotopic (exact) mass is 746 g/mol. The highest BCUT2D eigenvalue weighted by Gasteiger charge is 0.316. The van der Waals surface area contributed by atoms with E-state index in [1.54, 1.807) is 0 Å². The molecule has 324 valence electrons. The topological polar surface area (TPSA) is 1260 Å². The Morgan fingerprint density at radius 2 is 0.0488 bits per heavy atom. The molecule has 41 heteroatoms.